The Morgan fingerprint density at radius 1 is 0.647 bits per heavy atom. The fourth-order valence-corrected chi connectivity index (χ4v) is 5.65. The van der Waals surface area contributed by atoms with Gasteiger partial charge in [0.15, 0.2) is 0 Å². The summed E-state index contributed by atoms with van der Waals surface area (Å²) >= 11 is 0. The van der Waals surface area contributed by atoms with Crippen LogP contribution in [0.15, 0.2) is 35.2 Å². The molecule has 2 aromatic carbocycles. The molecule has 0 aliphatic heterocycles. The van der Waals surface area contributed by atoms with E-state index in [2.05, 4.69) is 13.8 Å². The third-order valence-corrected chi connectivity index (χ3v) is 7.49. The van der Waals surface area contributed by atoms with Gasteiger partial charge in [-0.25, -0.2) is 8.42 Å². The minimum Gasteiger partial charge on any atom is -0.870 e. The number of hydrogen-bond acceptors (Lipinski definition) is 4. The molecule has 34 heavy (non-hydrogen) atoms. The van der Waals surface area contributed by atoms with Crippen LogP contribution < -0.4 is 0 Å². The zero-order valence-electron chi connectivity index (χ0n) is 21.5. The second-order valence-electron chi connectivity index (χ2n) is 9.27. The molecule has 2 rings (SSSR count). The first-order valence-electron chi connectivity index (χ1n) is 13.0. The van der Waals surface area contributed by atoms with E-state index in [4.69, 9.17) is 0 Å². The van der Waals surface area contributed by atoms with Crippen molar-refractivity contribution in [2.24, 2.45) is 0 Å². The first kappa shape index (κ1) is 34.1. The summed E-state index contributed by atoms with van der Waals surface area (Å²) in [6.45, 7) is 4.45. The van der Waals surface area contributed by atoms with Crippen LogP contribution in [0, 0.1) is 0 Å². The molecular formula is C28H44BaO4S. The molecule has 2 aromatic rings. The van der Waals surface area contributed by atoms with Crippen LogP contribution in [0.4, 0.5) is 0 Å². The van der Waals surface area contributed by atoms with E-state index in [1.165, 1.54) is 76.2 Å². The van der Waals surface area contributed by atoms with E-state index >= 15 is 0 Å². The van der Waals surface area contributed by atoms with E-state index in [0.29, 0.717) is 11.8 Å². The summed E-state index contributed by atoms with van der Waals surface area (Å²) in [4.78, 5) is 0.0161. The van der Waals surface area contributed by atoms with Crippen molar-refractivity contribution in [3.8, 4) is 0 Å². The summed E-state index contributed by atoms with van der Waals surface area (Å²) in [5, 5.41) is 1.54. The van der Waals surface area contributed by atoms with Crippen LogP contribution in [0.5, 0.6) is 0 Å². The monoisotopic (exact) mass is 614 g/mol. The molecule has 0 amide bonds. The summed E-state index contributed by atoms with van der Waals surface area (Å²) in [6, 6.07) is 9.59. The largest absolute Gasteiger partial charge is 2.00 e. The molecule has 0 aliphatic carbocycles. The first-order chi connectivity index (χ1) is 15.5. The van der Waals surface area contributed by atoms with E-state index in [0.717, 1.165) is 36.6 Å². The van der Waals surface area contributed by atoms with Gasteiger partial charge < -0.3 is 10.0 Å². The average molecular weight is 614 g/mol. The molecule has 0 atom stereocenters. The van der Waals surface area contributed by atoms with Gasteiger partial charge >= 0.3 is 48.9 Å². The average Bonchev–Trinajstić information content (AvgIpc) is 2.76. The molecule has 0 heterocycles. The third-order valence-electron chi connectivity index (χ3n) is 6.51. The van der Waals surface area contributed by atoms with Gasteiger partial charge in [0, 0.05) is 0 Å². The van der Waals surface area contributed by atoms with Crippen LogP contribution >= 0.6 is 0 Å². The fraction of sp³-hybridized carbons (Fsp3) is 0.643. The van der Waals surface area contributed by atoms with Crippen molar-refractivity contribution in [2.75, 3.05) is 0 Å². The Bertz CT molecular complexity index is 912. The van der Waals surface area contributed by atoms with Crippen LogP contribution in [-0.4, -0.2) is 67.3 Å². The van der Waals surface area contributed by atoms with Crippen LogP contribution in [0.25, 0.3) is 10.8 Å². The Morgan fingerprint density at radius 3 is 1.53 bits per heavy atom. The molecule has 4 nitrogen and oxygen atoms in total. The summed E-state index contributed by atoms with van der Waals surface area (Å²) in [6.07, 6.45) is 18.6. The van der Waals surface area contributed by atoms with Crippen LogP contribution in [0.3, 0.4) is 0 Å². The summed E-state index contributed by atoms with van der Waals surface area (Å²) in [7, 11) is -4.52. The normalized spacial score (nSPS) is 11.3. The second kappa shape index (κ2) is 19.3. The van der Waals surface area contributed by atoms with Gasteiger partial charge in [-0.15, -0.1) is 0 Å². The maximum absolute atomic E-state index is 12.2. The maximum Gasteiger partial charge on any atom is 2.00 e. The number of benzene rings is 2. The van der Waals surface area contributed by atoms with Gasteiger partial charge in [-0.05, 0) is 47.6 Å². The second-order valence-corrected chi connectivity index (χ2v) is 10.6. The Labute approximate surface area is 248 Å². The van der Waals surface area contributed by atoms with Crippen molar-refractivity contribution >= 4 is 69.8 Å². The molecule has 188 valence electrons. The number of hydrogen-bond donors (Lipinski definition) is 0. The first-order valence-corrected chi connectivity index (χ1v) is 14.4. The maximum atomic E-state index is 12.2. The molecule has 0 unspecified atom stereocenters. The quantitative estimate of drug-likeness (QED) is 0.104. The van der Waals surface area contributed by atoms with E-state index in [1.54, 1.807) is 0 Å². The topological polar surface area (TPSA) is 87.2 Å². The molecule has 6 heteroatoms. The zero-order valence-corrected chi connectivity index (χ0v) is 26.7. The fourth-order valence-electron chi connectivity index (χ4n) is 4.72. The molecule has 0 radical (unpaired) electrons. The van der Waals surface area contributed by atoms with E-state index in [1.807, 2.05) is 30.3 Å². The van der Waals surface area contributed by atoms with Crippen LogP contribution in [0.2, 0.25) is 0 Å². The van der Waals surface area contributed by atoms with Crippen molar-refractivity contribution < 1.29 is 18.4 Å². The van der Waals surface area contributed by atoms with Gasteiger partial charge in [0.2, 0.25) is 0 Å². The van der Waals surface area contributed by atoms with Gasteiger partial charge in [-0.2, -0.15) is 0 Å². The predicted molar refractivity (Wildman–Crippen MR) is 143 cm³/mol. The molecule has 0 aliphatic rings. The minimum atomic E-state index is -4.52. The van der Waals surface area contributed by atoms with Crippen molar-refractivity contribution in [3.63, 3.8) is 0 Å². The van der Waals surface area contributed by atoms with Gasteiger partial charge in [-0.3, -0.25) is 0 Å². The summed E-state index contributed by atoms with van der Waals surface area (Å²) < 4.78 is 36.6. The summed E-state index contributed by atoms with van der Waals surface area (Å²) in [5.41, 5.74) is 1.92. The number of rotatable bonds is 17. The SMILES string of the molecule is CCCCCCCCCc1cc(CCCCCCCCC)c2ccccc2c1S(=O)(=O)[O-].[Ba+2].[OH-]. The minimum absolute atomic E-state index is 0. The molecule has 0 bridgehead atoms. The molecular weight excluding hydrogens is 570 g/mol. The molecule has 0 spiro atoms. The molecule has 1 N–H and O–H groups in total. The Hall–Kier alpha value is 0.141. The zero-order chi connectivity index (χ0) is 23.2. The number of unbranched alkanes of at least 4 members (excludes halogenated alkanes) is 12. The molecule has 0 fully saturated rings. The van der Waals surface area contributed by atoms with Gasteiger partial charge in [0.05, 0.1) is 4.90 Å². The number of aryl methyl sites for hydroxylation is 2. The Morgan fingerprint density at radius 2 is 1.06 bits per heavy atom. The Kier molecular flexibility index (Phi) is 19.4. The van der Waals surface area contributed by atoms with Crippen LogP contribution in [0.1, 0.15) is 115 Å². The molecule has 0 saturated carbocycles. The van der Waals surface area contributed by atoms with Crippen molar-refractivity contribution in [1.29, 1.82) is 0 Å². The predicted octanol–water partition coefficient (Wildman–Crippen LogP) is 7.77. The molecule has 0 aromatic heterocycles. The van der Waals surface area contributed by atoms with Crippen LogP contribution in [-0.2, 0) is 23.0 Å². The van der Waals surface area contributed by atoms with E-state index < -0.39 is 10.1 Å². The Balaban J connectivity index is 0.00000544. The third kappa shape index (κ3) is 11.9. The van der Waals surface area contributed by atoms with E-state index in [9.17, 15) is 13.0 Å². The standard InChI is InChI=1S/C28H44O3S.Ba.H2O/c1-3-5-7-9-11-13-15-19-24-23-25(20-16-14-12-10-8-6-4-2)28(32(29,30)31)27-22-18-17-21-26(24)27;;/h17-18,21-23H,3-16,19-20H2,1-2H3,(H,29,30,31);;1H2/q;+2;/p-2. The summed E-state index contributed by atoms with van der Waals surface area (Å²) in [5.74, 6) is 0. The van der Waals surface area contributed by atoms with Gasteiger partial charge in [0.1, 0.15) is 10.1 Å². The van der Waals surface area contributed by atoms with Crippen molar-refractivity contribution in [1.82, 2.24) is 0 Å². The van der Waals surface area contributed by atoms with Crippen molar-refractivity contribution in [2.45, 2.75) is 121 Å². The van der Waals surface area contributed by atoms with E-state index in [-0.39, 0.29) is 59.3 Å². The number of fused-ring (bicyclic) bond motifs is 1. The molecule has 0 saturated heterocycles. The smallest absolute Gasteiger partial charge is 0.870 e. The van der Waals surface area contributed by atoms with Gasteiger partial charge in [0.25, 0.3) is 0 Å². The van der Waals surface area contributed by atoms with Crippen molar-refractivity contribution in [3.05, 3.63) is 41.5 Å². The van der Waals surface area contributed by atoms with Gasteiger partial charge in [-0.1, -0.05) is 121 Å².